The molecule has 1 atom stereocenters. The molecule has 1 aliphatic heterocycles. The number of piperidine rings is 1. The Kier molecular flexibility index (Phi) is 7.19. The van der Waals surface area contributed by atoms with Crippen molar-refractivity contribution >= 4 is 17.8 Å². The molecule has 6 heteroatoms. The van der Waals surface area contributed by atoms with E-state index < -0.39 is 0 Å². The van der Waals surface area contributed by atoms with Crippen LogP contribution in [0.1, 0.15) is 40.0 Å². The summed E-state index contributed by atoms with van der Waals surface area (Å²) in [5, 5.41) is 0. The van der Waals surface area contributed by atoms with Crippen molar-refractivity contribution in [2.75, 3.05) is 32.8 Å². The van der Waals surface area contributed by atoms with Crippen molar-refractivity contribution < 1.29 is 19.1 Å². The minimum atomic E-state index is -0.376. The topological polar surface area (TPSA) is 66.9 Å². The highest BCUT2D eigenvalue weighted by atomic mass is 16.5. The fraction of sp³-hybridized carbons (Fsp3) is 0.800. The molecular formula is C15H26N2O4. The molecule has 0 spiro atoms. The molecule has 1 unspecified atom stereocenters. The molecule has 1 saturated heterocycles. The number of ether oxygens (including phenoxy) is 1. The summed E-state index contributed by atoms with van der Waals surface area (Å²) in [6.07, 6.45) is 2.38. The van der Waals surface area contributed by atoms with Gasteiger partial charge in [0.05, 0.1) is 12.5 Å². The lowest BCUT2D eigenvalue weighted by Crippen LogP contribution is -2.47. The smallest absolute Gasteiger partial charge is 0.325 e. The summed E-state index contributed by atoms with van der Waals surface area (Å²) in [6.45, 7) is 7.25. The molecule has 0 aliphatic carbocycles. The maximum atomic E-state index is 12.6. The lowest BCUT2D eigenvalue weighted by atomic mass is 9.96. The second-order valence-electron chi connectivity index (χ2n) is 5.37. The Labute approximate surface area is 126 Å². The van der Waals surface area contributed by atoms with Gasteiger partial charge in [-0.05, 0) is 26.2 Å². The highest BCUT2D eigenvalue weighted by molar-refractivity contribution is 5.84. The van der Waals surface area contributed by atoms with Crippen molar-refractivity contribution in [2.24, 2.45) is 5.92 Å². The van der Waals surface area contributed by atoms with E-state index in [1.54, 1.807) is 16.7 Å². The minimum absolute atomic E-state index is 0.0000609. The molecule has 0 aromatic heterocycles. The Morgan fingerprint density at radius 1 is 1.29 bits per heavy atom. The predicted molar refractivity (Wildman–Crippen MR) is 78.5 cm³/mol. The largest absolute Gasteiger partial charge is 0.465 e. The molecule has 0 radical (unpaired) electrons. The van der Waals surface area contributed by atoms with Gasteiger partial charge in [-0.1, -0.05) is 6.92 Å². The number of hydrogen-bond acceptors (Lipinski definition) is 4. The molecule has 0 aromatic rings. The van der Waals surface area contributed by atoms with E-state index in [-0.39, 0.29) is 30.2 Å². The fourth-order valence-corrected chi connectivity index (χ4v) is 2.62. The maximum absolute atomic E-state index is 12.6. The van der Waals surface area contributed by atoms with E-state index in [9.17, 15) is 14.4 Å². The second kappa shape index (κ2) is 8.64. The lowest BCUT2D eigenvalue weighted by Gasteiger charge is -2.34. The Morgan fingerprint density at radius 3 is 2.57 bits per heavy atom. The van der Waals surface area contributed by atoms with Crippen LogP contribution in [0.15, 0.2) is 0 Å². The summed E-state index contributed by atoms with van der Waals surface area (Å²) in [5.74, 6) is -0.627. The molecule has 120 valence electrons. The van der Waals surface area contributed by atoms with E-state index in [0.29, 0.717) is 26.2 Å². The van der Waals surface area contributed by atoms with Crippen LogP contribution in [0.3, 0.4) is 0 Å². The van der Waals surface area contributed by atoms with Crippen LogP contribution >= 0.6 is 0 Å². The molecule has 0 aromatic carbocycles. The average molecular weight is 298 g/mol. The SMILES string of the molecule is CCCN(CC(=O)OCC)C(=O)C1CCCN(C(C)=O)C1. The first-order chi connectivity index (χ1) is 9.99. The molecule has 0 saturated carbocycles. The van der Waals surface area contributed by atoms with Gasteiger partial charge in [0.1, 0.15) is 6.54 Å². The molecule has 0 N–H and O–H groups in total. The number of amides is 2. The number of carbonyl (C=O) groups excluding carboxylic acids is 3. The zero-order chi connectivity index (χ0) is 15.8. The molecule has 1 aliphatic rings. The Morgan fingerprint density at radius 2 is 2.00 bits per heavy atom. The van der Waals surface area contributed by atoms with E-state index >= 15 is 0 Å². The number of hydrogen-bond donors (Lipinski definition) is 0. The Hall–Kier alpha value is -1.59. The van der Waals surface area contributed by atoms with Crippen LogP contribution in [0.5, 0.6) is 0 Å². The molecule has 2 amide bonds. The highest BCUT2D eigenvalue weighted by Gasteiger charge is 2.30. The van der Waals surface area contributed by atoms with Gasteiger partial charge in [0.2, 0.25) is 11.8 Å². The minimum Gasteiger partial charge on any atom is -0.465 e. The van der Waals surface area contributed by atoms with Crippen molar-refractivity contribution in [1.29, 1.82) is 0 Å². The van der Waals surface area contributed by atoms with Crippen LogP contribution in [0, 0.1) is 5.92 Å². The molecule has 21 heavy (non-hydrogen) atoms. The van der Waals surface area contributed by atoms with Crippen molar-refractivity contribution in [2.45, 2.75) is 40.0 Å². The van der Waals surface area contributed by atoms with Gasteiger partial charge in [-0.15, -0.1) is 0 Å². The molecule has 1 fully saturated rings. The average Bonchev–Trinajstić information content (AvgIpc) is 2.46. The van der Waals surface area contributed by atoms with Gasteiger partial charge in [0.15, 0.2) is 0 Å². The lowest BCUT2D eigenvalue weighted by molar-refractivity contribution is -0.151. The second-order valence-corrected chi connectivity index (χ2v) is 5.37. The summed E-state index contributed by atoms with van der Waals surface area (Å²) in [6, 6.07) is 0. The zero-order valence-corrected chi connectivity index (χ0v) is 13.3. The number of esters is 1. The summed E-state index contributed by atoms with van der Waals surface area (Å²) in [7, 11) is 0. The van der Waals surface area contributed by atoms with Gasteiger partial charge in [0.25, 0.3) is 0 Å². The van der Waals surface area contributed by atoms with Crippen molar-refractivity contribution in [3.05, 3.63) is 0 Å². The third kappa shape index (κ3) is 5.36. The van der Waals surface area contributed by atoms with Crippen molar-refractivity contribution in [3.8, 4) is 0 Å². The van der Waals surface area contributed by atoms with Crippen LogP contribution in [-0.4, -0.2) is 60.4 Å². The highest BCUT2D eigenvalue weighted by Crippen LogP contribution is 2.19. The van der Waals surface area contributed by atoms with Gasteiger partial charge in [0, 0.05) is 26.6 Å². The first-order valence-electron chi connectivity index (χ1n) is 7.69. The first-order valence-corrected chi connectivity index (χ1v) is 7.69. The molecular weight excluding hydrogens is 272 g/mol. The van der Waals surface area contributed by atoms with E-state index in [0.717, 1.165) is 19.3 Å². The summed E-state index contributed by atoms with van der Waals surface area (Å²) in [5.41, 5.74) is 0. The number of carbonyl (C=O) groups is 3. The van der Waals surface area contributed by atoms with Gasteiger partial charge < -0.3 is 14.5 Å². The Bertz CT molecular complexity index is 384. The molecule has 1 rings (SSSR count). The van der Waals surface area contributed by atoms with E-state index in [2.05, 4.69) is 0 Å². The third-order valence-electron chi connectivity index (χ3n) is 3.65. The third-order valence-corrected chi connectivity index (χ3v) is 3.65. The van der Waals surface area contributed by atoms with Crippen LogP contribution in [0.2, 0.25) is 0 Å². The predicted octanol–water partition coefficient (Wildman–Crippen LogP) is 1.05. The molecule has 1 heterocycles. The van der Waals surface area contributed by atoms with Gasteiger partial charge in [-0.2, -0.15) is 0 Å². The van der Waals surface area contributed by atoms with Crippen LogP contribution in [0.4, 0.5) is 0 Å². The summed E-state index contributed by atoms with van der Waals surface area (Å²) < 4.78 is 4.92. The molecule has 6 nitrogen and oxygen atoms in total. The van der Waals surface area contributed by atoms with Gasteiger partial charge in [-0.3, -0.25) is 14.4 Å². The number of rotatable bonds is 6. The summed E-state index contributed by atoms with van der Waals surface area (Å²) >= 11 is 0. The van der Waals surface area contributed by atoms with Crippen LogP contribution in [-0.2, 0) is 19.1 Å². The van der Waals surface area contributed by atoms with Gasteiger partial charge in [-0.25, -0.2) is 0 Å². The van der Waals surface area contributed by atoms with Crippen molar-refractivity contribution in [3.63, 3.8) is 0 Å². The monoisotopic (exact) mass is 298 g/mol. The van der Waals surface area contributed by atoms with E-state index in [4.69, 9.17) is 4.74 Å². The Balaban J connectivity index is 2.66. The quantitative estimate of drug-likeness (QED) is 0.687. The normalized spacial score (nSPS) is 18.2. The van der Waals surface area contributed by atoms with Crippen molar-refractivity contribution in [1.82, 2.24) is 9.80 Å². The fourth-order valence-electron chi connectivity index (χ4n) is 2.62. The summed E-state index contributed by atoms with van der Waals surface area (Å²) in [4.78, 5) is 38.9. The zero-order valence-electron chi connectivity index (χ0n) is 13.3. The van der Waals surface area contributed by atoms with E-state index in [1.165, 1.54) is 6.92 Å². The first kappa shape index (κ1) is 17.5. The van der Waals surface area contributed by atoms with Crippen LogP contribution < -0.4 is 0 Å². The standard InChI is InChI=1S/C15H26N2O4/c1-4-8-17(11-14(19)21-5-2)15(20)13-7-6-9-16(10-13)12(3)18/h13H,4-11H2,1-3H3. The number of likely N-dealkylation sites (tertiary alicyclic amines) is 1. The number of nitrogens with zero attached hydrogens (tertiary/aromatic N) is 2. The van der Waals surface area contributed by atoms with Crippen LogP contribution in [0.25, 0.3) is 0 Å². The maximum Gasteiger partial charge on any atom is 0.325 e. The van der Waals surface area contributed by atoms with Gasteiger partial charge >= 0.3 is 5.97 Å². The molecule has 0 bridgehead atoms. The van der Waals surface area contributed by atoms with E-state index in [1.807, 2.05) is 6.92 Å².